The van der Waals surface area contributed by atoms with Crippen molar-refractivity contribution in [1.29, 1.82) is 0 Å². The Balaban J connectivity index is 1.15. The lowest BCUT2D eigenvalue weighted by Crippen LogP contribution is -2.14. The zero-order valence-corrected chi connectivity index (χ0v) is 28.3. The molecule has 0 amide bonds. The van der Waals surface area contributed by atoms with E-state index in [9.17, 15) is 0 Å². The maximum atomic E-state index is 2.40. The van der Waals surface area contributed by atoms with E-state index in [1.165, 1.54) is 66.4 Å². The Labute approximate surface area is 294 Å². The summed E-state index contributed by atoms with van der Waals surface area (Å²) in [5.41, 5.74) is 16.1. The highest BCUT2D eigenvalue weighted by atomic mass is 15.1. The minimum absolute atomic E-state index is 0.0319. The summed E-state index contributed by atoms with van der Waals surface area (Å²) in [7, 11) is 0. The quantitative estimate of drug-likeness (QED) is 0.175. The van der Waals surface area contributed by atoms with Crippen LogP contribution in [0.4, 0.5) is 17.1 Å². The molecule has 0 atom stereocenters. The fourth-order valence-electron chi connectivity index (χ4n) is 7.84. The van der Waals surface area contributed by atoms with Crippen molar-refractivity contribution in [3.63, 3.8) is 0 Å². The van der Waals surface area contributed by atoms with Crippen molar-refractivity contribution in [3.05, 3.63) is 199 Å². The highest BCUT2D eigenvalue weighted by Gasteiger charge is 2.35. The molecule has 0 saturated heterocycles. The molecule has 0 heterocycles. The van der Waals surface area contributed by atoms with E-state index in [1.54, 1.807) is 0 Å². The molecule has 1 nitrogen and oxygen atoms in total. The Bertz CT molecular complexity index is 2510. The van der Waals surface area contributed by atoms with E-state index in [0.29, 0.717) is 0 Å². The first kappa shape index (κ1) is 29.9. The van der Waals surface area contributed by atoms with Crippen LogP contribution in [0.2, 0.25) is 0 Å². The van der Waals surface area contributed by atoms with Crippen molar-refractivity contribution in [2.45, 2.75) is 19.3 Å². The second kappa shape index (κ2) is 12.1. The maximum absolute atomic E-state index is 2.40. The van der Waals surface area contributed by atoms with Gasteiger partial charge in [0.25, 0.3) is 0 Å². The monoisotopic (exact) mass is 639 g/mol. The van der Waals surface area contributed by atoms with Crippen LogP contribution < -0.4 is 4.90 Å². The minimum Gasteiger partial charge on any atom is -0.310 e. The van der Waals surface area contributed by atoms with E-state index in [4.69, 9.17) is 0 Å². The molecule has 238 valence electrons. The molecule has 50 heavy (non-hydrogen) atoms. The van der Waals surface area contributed by atoms with Gasteiger partial charge >= 0.3 is 0 Å². The molecule has 1 heteroatoms. The van der Waals surface area contributed by atoms with Gasteiger partial charge in [-0.25, -0.2) is 0 Å². The van der Waals surface area contributed by atoms with Gasteiger partial charge in [0.1, 0.15) is 0 Å². The van der Waals surface area contributed by atoms with Gasteiger partial charge < -0.3 is 4.90 Å². The van der Waals surface area contributed by atoms with E-state index >= 15 is 0 Å². The molecule has 0 aromatic heterocycles. The van der Waals surface area contributed by atoms with Crippen molar-refractivity contribution in [1.82, 2.24) is 0 Å². The molecule has 0 unspecified atom stereocenters. The summed E-state index contributed by atoms with van der Waals surface area (Å²) in [6.45, 7) is 4.69. The number of nitrogens with zero attached hydrogens (tertiary/aromatic N) is 1. The smallest absolute Gasteiger partial charge is 0.0540 e. The molecule has 0 saturated carbocycles. The number of rotatable bonds is 6. The summed E-state index contributed by atoms with van der Waals surface area (Å²) in [5.74, 6) is 0. The first-order chi connectivity index (χ1) is 24.5. The van der Waals surface area contributed by atoms with Crippen molar-refractivity contribution >= 4 is 27.8 Å². The molecular formula is C49H37N. The van der Waals surface area contributed by atoms with Crippen LogP contribution in [-0.4, -0.2) is 0 Å². The fourth-order valence-corrected chi connectivity index (χ4v) is 7.84. The average molecular weight is 640 g/mol. The van der Waals surface area contributed by atoms with Crippen LogP contribution in [0, 0.1) is 0 Å². The van der Waals surface area contributed by atoms with Crippen molar-refractivity contribution < 1.29 is 0 Å². The summed E-state index contributed by atoms with van der Waals surface area (Å²) in [6, 6.07) is 68.6. The maximum Gasteiger partial charge on any atom is 0.0540 e. The minimum atomic E-state index is -0.0319. The lowest BCUT2D eigenvalue weighted by atomic mass is 9.81. The molecule has 0 radical (unpaired) electrons. The third-order valence-corrected chi connectivity index (χ3v) is 10.5. The number of benzene rings is 8. The summed E-state index contributed by atoms with van der Waals surface area (Å²) in [4.78, 5) is 2.40. The van der Waals surface area contributed by atoms with E-state index in [-0.39, 0.29) is 5.41 Å². The summed E-state index contributed by atoms with van der Waals surface area (Å²) < 4.78 is 0. The predicted octanol–water partition coefficient (Wildman–Crippen LogP) is 13.6. The summed E-state index contributed by atoms with van der Waals surface area (Å²) >= 11 is 0. The molecule has 8 aromatic rings. The van der Waals surface area contributed by atoms with Gasteiger partial charge in [-0.15, -0.1) is 0 Å². The van der Waals surface area contributed by atoms with Crippen LogP contribution in [0.15, 0.2) is 188 Å². The molecule has 1 aliphatic carbocycles. The van der Waals surface area contributed by atoms with Crippen molar-refractivity contribution in [2.75, 3.05) is 4.90 Å². The number of para-hydroxylation sites is 1. The van der Waals surface area contributed by atoms with Gasteiger partial charge in [0.15, 0.2) is 0 Å². The molecular weight excluding hydrogens is 603 g/mol. The Kier molecular flexibility index (Phi) is 7.21. The Hall–Kier alpha value is -6.18. The summed E-state index contributed by atoms with van der Waals surface area (Å²) in [6.07, 6.45) is 0. The molecule has 0 fully saturated rings. The molecule has 0 aliphatic heterocycles. The number of fused-ring (bicyclic) bond motifs is 4. The molecule has 1 aliphatic rings. The van der Waals surface area contributed by atoms with Crippen LogP contribution in [0.1, 0.15) is 25.0 Å². The molecule has 8 aromatic carbocycles. The van der Waals surface area contributed by atoms with Gasteiger partial charge in [0, 0.05) is 22.4 Å². The molecule has 0 N–H and O–H groups in total. The van der Waals surface area contributed by atoms with E-state index < -0.39 is 0 Å². The van der Waals surface area contributed by atoms with Crippen LogP contribution in [0.3, 0.4) is 0 Å². The standard InChI is InChI=1S/C49H37N/c1-49(2)46-21-10-8-20-44(46)45-30-27-40(33-47(45)49)35-25-28-41(29-26-35)50(48-22-11-9-19-43(48)36-14-4-3-5-15-36)42-18-12-17-38(32-42)39-24-23-34-13-6-7-16-37(34)31-39/h3-33H,1-2H3. The van der Waals surface area contributed by atoms with Gasteiger partial charge in [-0.05, 0) is 103 Å². The first-order valence-corrected chi connectivity index (χ1v) is 17.4. The van der Waals surface area contributed by atoms with Gasteiger partial charge in [-0.1, -0.05) is 159 Å². The van der Waals surface area contributed by atoms with E-state index in [0.717, 1.165) is 17.1 Å². The first-order valence-electron chi connectivity index (χ1n) is 17.4. The third kappa shape index (κ3) is 5.11. The van der Waals surface area contributed by atoms with Crippen molar-refractivity contribution in [3.8, 4) is 44.5 Å². The third-order valence-electron chi connectivity index (χ3n) is 10.5. The van der Waals surface area contributed by atoms with E-state index in [1.807, 2.05) is 0 Å². The van der Waals surface area contributed by atoms with Crippen LogP contribution in [0.5, 0.6) is 0 Å². The van der Waals surface area contributed by atoms with E-state index in [2.05, 4.69) is 207 Å². The molecule has 9 rings (SSSR count). The van der Waals surface area contributed by atoms with Crippen LogP contribution in [-0.2, 0) is 5.41 Å². The molecule has 0 spiro atoms. The zero-order chi connectivity index (χ0) is 33.7. The number of hydrogen-bond donors (Lipinski definition) is 0. The molecule has 0 bridgehead atoms. The highest BCUT2D eigenvalue weighted by Crippen LogP contribution is 2.50. The predicted molar refractivity (Wildman–Crippen MR) is 213 cm³/mol. The normalized spacial score (nSPS) is 12.8. The van der Waals surface area contributed by atoms with Crippen molar-refractivity contribution in [2.24, 2.45) is 0 Å². The Morgan fingerprint density at radius 3 is 1.78 bits per heavy atom. The van der Waals surface area contributed by atoms with Gasteiger partial charge in [0.2, 0.25) is 0 Å². The van der Waals surface area contributed by atoms with Gasteiger partial charge in [-0.2, -0.15) is 0 Å². The lowest BCUT2D eigenvalue weighted by molar-refractivity contribution is 0.660. The van der Waals surface area contributed by atoms with Gasteiger partial charge in [-0.3, -0.25) is 0 Å². The SMILES string of the molecule is CC1(C)c2ccccc2-c2ccc(-c3ccc(N(c4cccc(-c5ccc6ccccc6c5)c4)c4ccccc4-c4ccccc4)cc3)cc21. The highest BCUT2D eigenvalue weighted by molar-refractivity contribution is 5.91. The topological polar surface area (TPSA) is 3.24 Å². The number of anilines is 3. The Morgan fingerprint density at radius 1 is 0.340 bits per heavy atom. The Morgan fingerprint density at radius 2 is 0.940 bits per heavy atom. The second-order valence-electron chi connectivity index (χ2n) is 13.8. The zero-order valence-electron chi connectivity index (χ0n) is 28.3. The van der Waals surface area contributed by atoms with Gasteiger partial charge in [0.05, 0.1) is 5.69 Å². The largest absolute Gasteiger partial charge is 0.310 e. The fraction of sp³-hybridized carbons (Fsp3) is 0.0612. The van der Waals surface area contributed by atoms with Crippen LogP contribution >= 0.6 is 0 Å². The average Bonchev–Trinajstić information content (AvgIpc) is 3.41. The lowest BCUT2D eigenvalue weighted by Gasteiger charge is -2.28. The number of hydrogen-bond acceptors (Lipinski definition) is 1. The second-order valence-corrected chi connectivity index (χ2v) is 13.8. The van der Waals surface area contributed by atoms with Crippen LogP contribution in [0.25, 0.3) is 55.3 Å². The summed E-state index contributed by atoms with van der Waals surface area (Å²) in [5, 5.41) is 2.50.